The van der Waals surface area contributed by atoms with Crippen molar-refractivity contribution >= 4 is 5.91 Å². The minimum atomic E-state index is -0.570. The highest BCUT2D eigenvalue weighted by molar-refractivity contribution is 5.96. The summed E-state index contributed by atoms with van der Waals surface area (Å²) < 4.78 is 0. The van der Waals surface area contributed by atoms with Crippen LogP contribution in [0.3, 0.4) is 0 Å². The van der Waals surface area contributed by atoms with Gasteiger partial charge in [-0.2, -0.15) is 5.26 Å². The van der Waals surface area contributed by atoms with Gasteiger partial charge in [-0.05, 0) is 31.3 Å². The lowest BCUT2D eigenvalue weighted by Crippen LogP contribution is -2.14. The number of allylic oxidation sites excluding steroid dienone is 1. The lowest BCUT2D eigenvalue weighted by atomic mass is 10.0. The van der Waals surface area contributed by atoms with Crippen molar-refractivity contribution in [2.24, 2.45) is 5.73 Å². The van der Waals surface area contributed by atoms with Crippen LogP contribution in [0.15, 0.2) is 11.1 Å². The molecule has 0 spiro atoms. The zero-order valence-electron chi connectivity index (χ0n) is 7.68. The van der Waals surface area contributed by atoms with E-state index in [0.29, 0.717) is 0 Å². The van der Waals surface area contributed by atoms with Crippen LogP contribution < -0.4 is 5.73 Å². The third-order valence-electron chi connectivity index (χ3n) is 2.42. The molecule has 0 bridgehead atoms. The van der Waals surface area contributed by atoms with E-state index in [2.05, 4.69) is 0 Å². The average molecular weight is 178 g/mol. The largest absolute Gasteiger partial charge is 0.365 e. The van der Waals surface area contributed by atoms with Crippen molar-refractivity contribution in [3.05, 3.63) is 11.1 Å². The molecular formula is C10H14N2O. The first-order valence-corrected chi connectivity index (χ1v) is 4.67. The molecule has 0 aliphatic heterocycles. The van der Waals surface area contributed by atoms with Gasteiger partial charge in [0.25, 0.3) is 5.91 Å². The average Bonchev–Trinajstić information content (AvgIpc) is 2.33. The highest BCUT2D eigenvalue weighted by Crippen LogP contribution is 2.24. The summed E-state index contributed by atoms with van der Waals surface area (Å²) in [6.45, 7) is 0. The SMILES string of the molecule is N#CC(C(N)=O)=C1CCCCCC1. The molecule has 0 aromatic heterocycles. The molecule has 0 radical (unpaired) electrons. The predicted molar refractivity (Wildman–Crippen MR) is 49.5 cm³/mol. The van der Waals surface area contributed by atoms with Crippen molar-refractivity contribution in [3.63, 3.8) is 0 Å². The van der Waals surface area contributed by atoms with Crippen molar-refractivity contribution in [2.75, 3.05) is 0 Å². The predicted octanol–water partition coefficient (Wildman–Crippen LogP) is 1.65. The molecule has 1 saturated carbocycles. The van der Waals surface area contributed by atoms with Crippen LogP contribution in [0.5, 0.6) is 0 Å². The smallest absolute Gasteiger partial charge is 0.259 e. The van der Waals surface area contributed by atoms with Crippen molar-refractivity contribution in [3.8, 4) is 6.07 Å². The van der Waals surface area contributed by atoms with Crippen LogP contribution in [-0.4, -0.2) is 5.91 Å². The Morgan fingerprint density at radius 3 is 2.15 bits per heavy atom. The van der Waals surface area contributed by atoms with Crippen molar-refractivity contribution in [1.82, 2.24) is 0 Å². The maximum absolute atomic E-state index is 10.9. The molecule has 1 fully saturated rings. The molecule has 2 N–H and O–H groups in total. The van der Waals surface area contributed by atoms with Crippen LogP contribution in [0.2, 0.25) is 0 Å². The van der Waals surface area contributed by atoms with Crippen LogP contribution in [-0.2, 0) is 4.79 Å². The quantitative estimate of drug-likeness (QED) is 0.377. The summed E-state index contributed by atoms with van der Waals surface area (Å²) in [5.41, 5.74) is 6.27. The third-order valence-corrected chi connectivity index (χ3v) is 2.42. The van der Waals surface area contributed by atoms with Gasteiger partial charge >= 0.3 is 0 Å². The Morgan fingerprint density at radius 1 is 1.23 bits per heavy atom. The number of amides is 1. The zero-order chi connectivity index (χ0) is 9.68. The summed E-state index contributed by atoms with van der Waals surface area (Å²) in [5.74, 6) is -0.570. The first-order valence-electron chi connectivity index (χ1n) is 4.67. The molecule has 1 aliphatic carbocycles. The van der Waals surface area contributed by atoms with Crippen LogP contribution in [0.25, 0.3) is 0 Å². The Labute approximate surface area is 78.2 Å². The molecule has 0 saturated heterocycles. The third kappa shape index (κ3) is 2.59. The first-order chi connectivity index (χ1) is 6.25. The molecule has 1 amide bonds. The van der Waals surface area contributed by atoms with Gasteiger partial charge in [-0.15, -0.1) is 0 Å². The molecule has 3 heteroatoms. The Hall–Kier alpha value is -1.30. The minimum Gasteiger partial charge on any atom is -0.365 e. The Kier molecular flexibility index (Phi) is 3.51. The van der Waals surface area contributed by atoms with Crippen molar-refractivity contribution < 1.29 is 4.79 Å². The number of nitrogens with two attached hydrogens (primary N) is 1. The maximum Gasteiger partial charge on any atom is 0.259 e. The number of carbonyl (C=O) groups is 1. The van der Waals surface area contributed by atoms with Gasteiger partial charge in [-0.1, -0.05) is 12.8 Å². The highest BCUT2D eigenvalue weighted by atomic mass is 16.1. The fourth-order valence-electron chi connectivity index (χ4n) is 1.71. The summed E-state index contributed by atoms with van der Waals surface area (Å²) in [4.78, 5) is 10.9. The van der Waals surface area contributed by atoms with Gasteiger partial charge in [0.2, 0.25) is 0 Å². The standard InChI is InChI=1S/C10H14N2O/c11-7-9(10(12)13)8-5-3-1-2-4-6-8/h1-6H2,(H2,12,13). The second-order valence-corrected chi connectivity index (χ2v) is 3.37. The second-order valence-electron chi connectivity index (χ2n) is 3.37. The Balaban J connectivity index is 2.85. The van der Waals surface area contributed by atoms with E-state index in [1.807, 2.05) is 6.07 Å². The summed E-state index contributed by atoms with van der Waals surface area (Å²) >= 11 is 0. The van der Waals surface area contributed by atoms with Gasteiger partial charge < -0.3 is 5.73 Å². The van der Waals surface area contributed by atoms with Crippen LogP contribution in [0.4, 0.5) is 0 Å². The molecule has 0 aromatic rings. The molecule has 70 valence electrons. The lowest BCUT2D eigenvalue weighted by molar-refractivity contribution is -0.114. The van der Waals surface area contributed by atoms with E-state index in [1.165, 1.54) is 12.8 Å². The summed E-state index contributed by atoms with van der Waals surface area (Å²) in [6, 6.07) is 1.90. The fourth-order valence-corrected chi connectivity index (χ4v) is 1.71. The molecule has 0 unspecified atom stereocenters. The van der Waals surface area contributed by atoms with E-state index < -0.39 is 5.91 Å². The van der Waals surface area contributed by atoms with E-state index in [9.17, 15) is 4.79 Å². The highest BCUT2D eigenvalue weighted by Gasteiger charge is 2.13. The summed E-state index contributed by atoms with van der Waals surface area (Å²) in [7, 11) is 0. The molecular weight excluding hydrogens is 164 g/mol. The topological polar surface area (TPSA) is 66.9 Å². The zero-order valence-corrected chi connectivity index (χ0v) is 7.68. The number of primary amides is 1. The molecule has 0 heterocycles. The Morgan fingerprint density at radius 2 is 1.77 bits per heavy atom. The fraction of sp³-hybridized carbons (Fsp3) is 0.600. The van der Waals surface area contributed by atoms with Gasteiger partial charge in [0.05, 0.1) is 0 Å². The normalized spacial score (nSPS) is 17.3. The number of nitriles is 1. The first kappa shape index (κ1) is 9.79. The molecule has 0 atom stereocenters. The second kappa shape index (κ2) is 4.66. The summed E-state index contributed by atoms with van der Waals surface area (Å²) in [6.07, 6.45) is 6.28. The van der Waals surface area contributed by atoms with E-state index in [4.69, 9.17) is 11.0 Å². The van der Waals surface area contributed by atoms with E-state index in [-0.39, 0.29) is 5.57 Å². The van der Waals surface area contributed by atoms with Crippen molar-refractivity contribution in [2.45, 2.75) is 38.5 Å². The van der Waals surface area contributed by atoms with Gasteiger partial charge in [0.15, 0.2) is 0 Å². The van der Waals surface area contributed by atoms with E-state index >= 15 is 0 Å². The van der Waals surface area contributed by atoms with Gasteiger partial charge in [-0.25, -0.2) is 0 Å². The van der Waals surface area contributed by atoms with Gasteiger partial charge in [0.1, 0.15) is 11.6 Å². The maximum atomic E-state index is 10.9. The minimum absolute atomic E-state index is 0.196. The van der Waals surface area contributed by atoms with Crippen molar-refractivity contribution in [1.29, 1.82) is 5.26 Å². The van der Waals surface area contributed by atoms with Crippen LogP contribution in [0.1, 0.15) is 38.5 Å². The van der Waals surface area contributed by atoms with Gasteiger partial charge in [0, 0.05) is 0 Å². The monoisotopic (exact) mass is 178 g/mol. The number of carbonyl (C=O) groups excluding carboxylic acids is 1. The number of hydrogen-bond donors (Lipinski definition) is 1. The summed E-state index contributed by atoms with van der Waals surface area (Å²) in [5, 5.41) is 8.73. The Bertz CT molecular complexity index is 263. The molecule has 1 rings (SSSR count). The number of rotatable bonds is 1. The molecule has 3 nitrogen and oxygen atoms in total. The molecule has 0 aromatic carbocycles. The van der Waals surface area contributed by atoms with Gasteiger partial charge in [-0.3, -0.25) is 4.79 Å². The van der Waals surface area contributed by atoms with Crippen LogP contribution >= 0.6 is 0 Å². The molecule has 13 heavy (non-hydrogen) atoms. The number of hydrogen-bond acceptors (Lipinski definition) is 2. The number of nitrogens with zero attached hydrogens (tertiary/aromatic N) is 1. The lowest BCUT2D eigenvalue weighted by Gasteiger charge is -2.03. The van der Waals surface area contributed by atoms with E-state index in [0.717, 1.165) is 31.3 Å². The van der Waals surface area contributed by atoms with Crippen LogP contribution in [0, 0.1) is 11.3 Å². The molecule has 1 aliphatic rings. The van der Waals surface area contributed by atoms with E-state index in [1.54, 1.807) is 0 Å².